The van der Waals surface area contributed by atoms with E-state index in [1.165, 1.54) is 11.3 Å². The summed E-state index contributed by atoms with van der Waals surface area (Å²) in [5, 5.41) is 9.65. The second-order valence-electron chi connectivity index (χ2n) is 4.19. The van der Waals surface area contributed by atoms with Crippen molar-refractivity contribution in [3.8, 4) is 6.07 Å². The van der Waals surface area contributed by atoms with Crippen molar-refractivity contribution in [3.05, 3.63) is 4.88 Å². The number of sulfone groups is 1. The third-order valence-electron chi connectivity index (χ3n) is 3.07. The molecule has 0 atom stereocenters. The lowest BCUT2D eigenvalue weighted by Gasteiger charge is -2.17. The SMILES string of the molecule is CCS(=O)(=O)c1c(N2CCCC2)sc(C#N)c1N. The number of rotatable bonds is 3. The molecule has 2 rings (SSSR count). The average molecular weight is 285 g/mol. The largest absolute Gasteiger partial charge is 0.396 e. The van der Waals surface area contributed by atoms with E-state index in [0.29, 0.717) is 9.88 Å². The standard InChI is InChI=1S/C11H15N3O2S2/c1-2-18(15,16)10-9(13)8(7-12)17-11(10)14-5-3-4-6-14/h2-6,13H2,1H3. The van der Waals surface area contributed by atoms with E-state index in [0.717, 1.165) is 25.9 Å². The van der Waals surface area contributed by atoms with Crippen LogP contribution in [0.1, 0.15) is 24.6 Å². The summed E-state index contributed by atoms with van der Waals surface area (Å²) in [5.74, 6) is -0.000355. The van der Waals surface area contributed by atoms with Crippen molar-refractivity contribution < 1.29 is 8.42 Å². The fourth-order valence-corrected chi connectivity index (χ4v) is 4.73. The van der Waals surface area contributed by atoms with Gasteiger partial charge in [-0.2, -0.15) is 5.26 Å². The lowest BCUT2D eigenvalue weighted by Crippen LogP contribution is -2.19. The van der Waals surface area contributed by atoms with Crippen LogP contribution in [0.5, 0.6) is 0 Å². The number of nitrogens with zero attached hydrogens (tertiary/aromatic N) is 2. The predicted octanol–water partition coefficient (Wildman–Crippen LogP) is 1.60. The molecule has 7 heteroatoms. The summed E-state index contributed by atoms with van der Waals surface area (Å²) in [5.41, 5.74) is 5.94. The zero-order chi connectivity index (χ0) is 13.3. The summed E-state index contributed by atoms with van der Waals surface area (Å²) < 4.78 is 24.2. The molecule has 0 amide bonds. The third-order valence-corrected chi connectivity index (χ3v) is 6.16. The van der Waals surface area contributed by atoms with E-state index < -0.39 is 9.84 Å². The van der Waals surface area contributed by atoms with Gasteiger partial charge >= 0.3 is 0 Å². The summed E-state index contributed by atoms with van der Waals surface area (Å²) in [6, 6.07) is 1.98. The first-order valence-electron chi connectivity index (χ1n) is 5.81. The van der Waals surface area contributed by atoms with Gasteiger partial charge in [-0.1, -0.05) is 6.92 Å². The van der Waals surface area contributed by atoms with Gasteiger partial charge in [0.05, 0.1) is 11.4 Å². The Bertz CT molecular complexity index is 593. The molecule has 2 heterocycles. The van der Waals surface area contributed by atoms with Gasteiger partial charge in [-0.05, 0) is 12.8 Å². The highest BCUT2D eigenvalue weighted by atomic mass is 32.2. The van der Waals surface area contributed by atoms with E-state index in [1.54, 1.807) is 6.92 Å². The van der Waals surface area contributed by atoms with Gasteiger partial charge in [0.1, 0.15) is 20.8 Å². The molecule has 1 aliphatic rings. The Labute approximate surface area is 111 Å². The highest BCUT2D eigenvalue weighted by molar-refractivity contribution is 7.91. The minimum absolute atomic E-state index is 0.000355. The van der Waals surface area contributed by atoms with Gasteiger partial charge < -0.3 is 10.6 Å². The summed E-state index contributed by atoms with van der Waals surface area (Å²) in [6.45, 7) is 3.25. The summed E-state index contributed by atoms with van der Waals surface area (Å²) in [4.78, 5) is 2.47. The number of nitrogen functional groups attached to an aromatic ring is 1. The zero-order valence-corrected chi connectivity index (χ0v) is 11.8. The monoisotopic (exact) mass is 285 g/mol. The van der Waals surface area contributed by atoms with E-state index in [9.17, 15) is 8.42 Å². The van der Waals surface area contributed by atoms with Crippen LogP contribution >= 0.6 is 11.3 Å². The van der Waals surface area contributed by atoms with Crippen LogP contribution in [0, 0.1) is 11.3 Å². The van der Waals surface area contributed by atoms with Gasteiger partial charge in [-0.15, -0.1) is 11.3 Å². The van der Waals surface area contributed by atoms with E-state index in [2.05, 4.69) is 0 Å². The van der Waals surface area contributed by atoms with Crippen molar-refractivity contribution in [2.75, 3.05) is 29.5 Å². The van der Waals surface area contributed by atoms with Crippen LogP contribution < -0.4 is 10.6 Å². The maximum atomic E-state index is 12.1. The average Bonchev–Trinajstić information content (AvgIpc) is 2.95. The second-order valence-corrected chi connectivity index (χ2v) is 7.40. The Morgan fingerprint density at radius 3 is 2.56 bits per heavy atom. The van der Waals surface area contributed by atoms with Crippen LogP contribution in [0.25, 0.3) is 0 Å². The first kappa shape index (κ1) is 13.2. The summed E-state index contributed by atoms with van der Waals surface area (Å²) in [7, 11) is -3.39. The van der Waals surface area contributed by atoms with Crippen molar-refractivity contribution in [2.45, 2.75) is 24.7 Å². The molecular formula is C11H15N3O2S2. The van der Waals surface area contributed by atoms with E-state index in [4.69, 9.17) is 11.0 Å². The highest BCUT2D eigenvalue weighted by Crippen LogP contribution is 2.42. The van der Waals surface area contributed by atoms with Gasteiger partial charge in [0.25, 0.3) is 0 Å². The number of anilines is 2. The van der Waals surface area contributed by atoms with Crippen LogP contribution in [0.2, 0.25) is 0 Å². The Morgan fingerprint density at radius 2 is 2.06 bits per heavy atom. The van der Waals surface area contributed by atoms with Gasteiger partial charge in [0, 0.05) is 13.1 Å². The van der Waals surface area contributed by atoms with Crippen LogP contribution in [0.3, 0.4) is 0 Å². The van der Waals surface area contributed by atoms with E-state index >= 15 is 0 Å². The van der Waals surface area contributed by atoms with Crippen molar-refractivity contribution in [3.63, 3.8) is 0 Å². The van der Waals surface area contributed by atoms with E-state index in [-0.39, 0.29) is 16.3 Å². The van der Waals surface area contributed by atoms with Crippen LogP contribution in [0.15, 0.2) is 4.90 Å². The lowest BCUT2D eigenvalue weighted by atomic mass is 10.4. The molecule has 0 bridgehead atoms. The molecule has 0 unspecified atom stereocenters. The molecule has 0 aliphatic carbocycles. The van der Waals surface area contributed by atoms with Crippen LogP contribution in [-0.2, 0) is 9.84 Å². The molecule has 98 valence electrons. The summed E-state index contributed by atoms with van der Waals surface area (Å²) in [6.07, 6.45) is 2.09. The molecule has 1 aliphatic heterocycles. The topological polar surface area (TPSA) is 87.2 Å². The molecule has 1 aromatic rings. The molecule has 18 heavy (non-hydrogen) atoms. The van der Waals surface area contributed by atoms with Crippen molar-refractivity contribution >= 4 is 31.9 Å². The molecule has 0 spiro atoms. The van der Waals surface area contributed by atoms with Gasteiger partial charge in [0.15, 0.2) is 9.84 Å². The van der Waals surface area contributed by atoms with Gasteiger partial charge in [0.2, 0.25) is 0 Å². The minimum atomic E-state index is -3.39. The molecule has 1 saturated heterocycles. The number of hydrogen-bond donors (Lipinski definition) is 1. The molecular weight excluding hydrogens is 270 g/mol. The van der Waals surface area contributed by atoms with Gasteiger partial charge in [-0.25, -0.2) is 8.42 Å². The van der Waals surface area contributed by atoms with Gasteiger partial charge in [-0.3, -0.25) is 0 Å². The Balaban J connectivity index is 2.62. The van der Waals surface area contributed by atoms with Crippen molar-refractivity contribution in [1.29, 1.82) is 5.26 Å². The fourth-order valence-electron chi connectivity index (χ4n) is 2.07. The van der Waals surface area contributed by atoms with Crippen molar-refractivity contribution in [2.24, 2.45) is 0 Å². The molecule has 5 nitrogen and oxygen atoms in total. The normalized spacial score (nSPS) is 15.9. The number of thiophene rings is 1. The summed E-state index contributed by atoms with van der Waals surface area (Å²) >= 11 is 1.19. The highest BCUT2D eigenvalue weighted by Gasteiger charge is 2.30. The molecule has 0 saturated carbocycles. The van der Waals surface area contributed by atoms with Crippen LogP contribution in [0.4, 0.5) is 10.7 Å². The first-order chi connectivity index (χ1) is 8.51. The lowest BCUT2D eigenvalue weighted by molar-refractivity contribution is 0.598. The quantitative estimate of drug-likeness (QED) is 0.911. The number of nitrogens with two attached hydrogens (primary N) is 1. The fraction of sp³-hybridized carbons (Fsp3) is 0.545. The second kappa shape index (κ2) is 4.78. The molecule has 1 fully saturated rings. The maximum absolute atomic E-state index is 12.1. The molecule has 1 aromatic heterocycles. The Hall–Kier alpha value is -1.26. The molecule has 0 radical (unpaired) electrons. The maximum Gasteiger partial charge on any atom is 0.183 e. The third kappa shape index (κ3) is 2.06. The predicted molar refractivity (Wildman–Crippen MR) is 72.6 cm³/mol. The number of nitriles is 1. The number of hydrogen-bond acceptors (Lipinski definition) is 6. The molecule has 0 aromatic carbocycles. The first-order valence-corrected chi connectivity index (χ1v) is 8.28. The smallest absolute Gasteiger partial charge is 0.183 e. The van der Waals surface area contributed by atoms with Crippen molar-refractivity contribution in [1.82, 2.24) is 0 Å². The van der Waals surface area contributed by atoms with Crippen LogP contribution in [-0.4, -0.2) is 27.3 Å². The Kier molecular flexibility index (Phi) is 3.50. The zero-order valence-electron chi connectivity index (χ0n) is 10.1. The van der Waals surface area contributed by atoms with E-state index in [1.807, 2.05) is 11.0 Å². The molecule has 2 N–H and O–H groups in total. The Morgan fingerprint density at radius 1 is 1.44 bits per heavy atom. The minimum Gasteiger partial charge on any atom is -0.396 e.